The molecule has 0 aromatic carbocycles. The van der Waals surface area contributed by atoms with Gasteiger partial charge in [-0.2, -0.15) is 0 Å². The summed E-state index contributed by atoms with van der Waals surface area (Å²) in [5.74, 6) is -0.482. The lowest BCUT2D eigenvalue weighted by Crippen LogP contribution is -2.21. The summed E-state index contributed by atoms with van der Waals surface area (Å²) in [6.45, 7) is 5.34. The summed E-state index contributed by atoms with van der Waals surface area (Å²) in [5.41, 5.74) is 0.441. The van der Waals surface area contributed by atoms with Gasteiger partial charge in [0.2, 0.25) is 0 Å². The summed E-state index contributed by atoms with van der Waals surface area (Å²) >= 11 is 1.13. The largest absolute Gasteiger partial charge is 0.460 e. The second-order valence-electron chi connectivity index (χ2n) is 5.94. The second kappa shape index (κ2) is 6.35. The van der Waals surface area contributed by atoms with Gasteiger partial charge in [-0.15, -0.1) is 11.3 Å². The number of ether oxygens (including phenoxy) is 2. The van der Waals surface area contributed by atoms with E-state index in [1.54, 1.807) is 25.3 Å². The highest BCUT2D eigenvalue weighted by atomic mass is 32.1. The minimum atomic E-state index is -0.638. The number of esters is 2. The van der Waals surface area contributed by atoms with E-state index >= 15 is 0 Å². The highest BCUT2D eigenvalue weighted by Gasteiger charge is 2.24. The van der Waals surface area contributed by atoms with Crippen molar-refractivity contribution >= 4 is 33.5 Å². The molecule has 1 aliphatic heterocycles. The normalized spacial score (nSPS) is 13.3. The first-order chi connectivity index (χ1) is 11.4. The molecule has 3 rings (SSSR count). The van der Waals surface area contributed by atoms with Crippen LogP contribution in [-0.2, 0) is 27.2 Å². The van der Waals surface area contributed by atoms with Crippen molar-refractivity contribution in [3.63, 3.8) is 0 Å². The first-order valence-electron chi connectivity index (χ1n) is 7.78. The smallest absolute Gasteiger partial charge is 0.349 e. The number of aromatic nitrogens is 2. The Morgan fingerprint density at radius 2 is 2.12 bits per heavy atom. The SMILES string of the molecule is Cc1c(C(=O)OCC(=O)OC(C)C)sc2nc3n(c(=O)c12)CCC3. The Hall–Kier alpha value is -2.22. The van der Waals surface area contributed by atoms with Crippen LogP contribution >= 0.6 is 11.3 Å². The third kappa shape index (κ3) is 2.93. The molecule has 0 bridgehead atoms. The molecule has 2 aromatic heterocycles. The van der Waals surface area contributed by atoms with E-state index in [9.17, 15) is 14.4 Å². The number of rotatable bonds is 4. The van der Waals surface area contributed by atoms with Gasteiger partial charge in [0.25, 0.3) is 5.56 Å². The lowest BCUT2D eigenvalue weighted by molar-refractivity contribution is -0.150. The van der Waals surface area contributed by atoms with Crippen LogP contribution in [-0.4, -0.2) is 34.2 Å². The minimum Gasteiger partial charge on any atom is -0.460 e. The molecule has 0 unspecified atom stereocenters. The minimum absolute atomic E-state index is 0.112. The maximum atomic E-state index is 12.6. The average molecular weight is 350 g/mol. The number of carbonyl (C=O) groups is 2. The molecule has 0 aliphatic carbocycles. The third-order valence-corrected chi connectivity index (χ3v) is 4.95. The van der Waals surface area contributed by atoms with Crippen LogP contribution < -0.4 is 5.56 Å². The van der Waals surface area contributed by atoms with E-state index in [-0.39, 0.29) is 11.7 Å². The van der Waals surface area contributed by atoms with Crippen LogP contribution in [0.15, 0.2) is 4.79 Å². The fourth-order valence-electron chi connectivity index (χ4n) is 2.76. The van der Waals surface area contributed by atoms with Crippen molar-refractivity contribution in [3.05, 3.63) is 26.6 Å². The van der Waals surface area contributed by atoms with E-state index in [0.29, 0.717) is 27.2 Å². The van der Waals surface area contributed by atoms with Gasteiger partial charge in [-0.3, -0.25) is 9.36 Å². The zero-order chi connectivity index (χ0) is 17.4. The number of hydrogen-bond donors (Lipinski definition) is 0. The van der Waals surface area contributed by atoms with E-state index in [1.807, 2.05) is 0 Å². The van der Waals surface area contributed by atoms with Crippen molar-refractivity contribution in [2.45, 2.75) is 46.3 Å². The molecular weight excluding hydrogens is 332 g/mol. The predicted octanol–water partition coefficient (Wildman–Crippen LogP) is 1.82. The van der Waals surface area contributed by atoms with Gasteiger partial charge in [0.05, 0.1) is 11.5 Å². The molecule has 1 aliphatic rings. The molecule has 128 valence electrons. The van der Waals surface area contributed by atoms with E-state index in [4.69, 9.17) is 9.47 Å². The molecule has 0 spiro atoms. The van der Waals surface area contributed by atoms with Crippen molar-refractivity contribution in [1.29, 1.82) is 0 Å². The summed E-state index contributed by atoms with van der Waals surface area (Å²) < 4.78 is 11.6. The number of aryl methyl sites for hydroxylation is 2. The summed E-state index contributed by atoms with van der Waals surface area (Å²) in [4.78, 5) is 41.6. The van der Waals surface area contributed by atoms with Crippen LogP contribution in [0.25, 0.3) is 10.2 Å². The van der Waals surface area contributed by atoms with E-state index in [1.165, 1.54) is 0 Å². The molecule has 0 atom stereocenters. The topological polar surface area (TPSA) is 87.5 Å². The molecule has 0 saturated carbocycles. The van der Waals surface area contributed by atoms with Crippen LogP contribution in [0.4, 0.5) is 0 Å². The monoisotopic (exact) mass is 350 g/mol. The molecule has 24 heavy (non-hydrogen) atoms. The lowest BCUT2D eigenvalue weighted by Gasteiger charge is -2.08. The standard InChI is InChI=1S/C16H18N2O5S/c1-8(2)23-11(19)7-22-16(21)13-9(3)12-14(24-13)17-10-5-4-6-18(10)15(12)20/h8H,4-7H2,1-3H3. The van der Waals surface area contributed by atoms with Crippen LogP contribution in [0.1, 0.15) is 41.3 Å². The van der Waals surface area contributed by atoms with Gasteiger partial charge < -0.3 is 9.47 Å². The molecule has 0 amide bonds. The van der Waals surface area contributed by atoms with Gasteiger partial charge in [-0.25, -0.2) is 14.6 Å². The van der Waals surface area contributed by atoms with Crippen LogP contribution in [0.3, 0.4) is 0 Å². The van der Waals surface area contributed by atoms with E-state index in [0.717, 1.165) is 30.0 Å². The van der Waals surface area contributed by atoms with Gasteiger partial charge in [0.1, 0.15) is 15.5 Å². The van der Waals surface area contributed by atoms with Gasteiger partial charge in [-0.05, 0) is 32.8 Å². The van der Waals surface area contributed by atoms with Gasteiger partial charge >= 0.3 is 11.9 Å². The zero-order valence-electron chi connectivity index (χ0n) is 13.7. The van der Waals surface area contributed by atoms with Crippen LogP contribution in [0.5, 0.6) is 0 Å². The molecule has 0 radical (unpaired) electrons. The summed E-state index contributed by atoms with van der Waals surface area (Å²) in [6.07, 6.45) is 1.41. The van der Waals surface area contributed by atoms with Crippen LogP contribution in [0, 0.1) is 6.92 Å². The Morgan fingerprint density at radius 1 is 1.38 bits per heavy atom. The number of fused-ring (bicyclic) bond motifs is 2. The molecule has 7 nitrogen and oxygen atoms in total. The van der Waals surface area contributed by atoms with Gasteiger partial charge in [0, 0.05) is 13.0 Å². The maximum absolute atomic E-state index is 12.6. The quantitative estimate of drug-likeness (QED) is 0.782. The zero-order valence-corrected chi connectivity index (χ0v) is 14.6. The Bertz CT molecular complexity index is 881. The molecule has 2 aromatic rings. The number of nitrogens with zero attached hydrogens (tertiary/aromatic N) is 2. The van der Waals surface area contributed by atoms with E-state index in [2.05, 4.69) is 4.98 Å². The molecule has 3 heterocycles. The van der Waals surface area contributed by atoms with Crippen molar-refractivity contribution < 1.29 is 19.1 Å². The number of carbonyl (C=O) groups excluding carboxylic acids is 2. The summed E-state index contributed by atoms with van der Waals surface area (Å²) in [7, 11) is 0. The average Bonchev–Trinajstić information content (AvgIpc) is 3.09. The lowest BCUT2D eigenvalue weighted by atomic mass is 10.2. The second-order valence-corrected chi connectivity index (χ2v) is 6.94. The predicted molar refractivity (Wildman–Crippen MR) is 88.4 cm³/mol. The van der Waals surface area contributed by atoms with E-state index < -0.39 is 18.5 Å². The maximum Gasteiger partial charge on any atom is 0.349 e. The van der Waals surface area contributed by atoms with Crippen molar-refractivity contribution in [2.24, 2.45) is 0 Å². The highest BCUT2D eigenvalue weighted by molar-refractivity contribution is 7.20. The Labute approximate surface area is 142 Å². The molecule has 0 N–H and O–H groups in total. The molecular formula is C16H18N2O5S. The first-order valence-corrected chi connectivity index (χ1v) is 8.59. The Morgan fingerprint density at radius 3 is 2.83 bits per heavy atom. The number of thiophene rings is 1. The summed E-state index contributed by atoms with van der Waals surface area (Å²) in [6, 6.07) is 0. The fourth-order valence-corrected chi connectivity index (χ4v) is 3.84. The Balaban J connectivity index is 1.87. The summed E-state index contributed by atoms with van der Waals surface area (Å²) in [5, 5.41) is 0.461. The molecule has 0 fully saturated rings. The highest BCUT2D eigenvalue weighted by Crippen LogP contribution is 2.29. The molecule has 0 saturated heterocycles. The number of hydrogen-bond acceptors (Lipinski definition) is 7. The molecule has 8 heteroatoms. The third-order valence-electron chi connectivity index (χ3n) is 3.79. The van der Waals surface area contributed by atoms with Gasteiger partial charge in [-0.1, -0.05) is 0 Å². The van der Waals surface area contributed by atoms with Crippen molar-refractivity contribution in [2.75, 3.05) is 6.61 Å². The van der Waals surface area contributed by atoms with Crippen LogP contribution in [0.2, 0.25) is 0 Å². The van der Waals surface area contributed by atoms with Crippen molar-refractivity contribution in [1.82, 2.24) is 9.55 Å². The first kappa shape index (κ1) is 16.6. The fraction of sp³-hybridized carbons (Fsp3) is 0.500. The van der Waals surface area contributed by atoms with Gasteiger partial charge in [0.15, 0.2) is 6.61 Å². The van der Waals surface area contributed by atoms with Crippen molar-refractivity contribution in [3.8, 4) is 0 Å². The Kier molecular flexibility index (Phi) is 4.40.